The molecule has 1 atom stereocenters. The number of benzene rings is 1. The van der Waals surface area contributed by atoms with Gasteiger partial charge in [-0.25, -0.2) is 4.39 Å². The van der Waals surface area contributed by atoms with Gasteiger partial charge in [-0.1, -0.05) is 12.1 Å². The van der Waals surface area contributed by atoms with E-state index in [1.54, 1.807) is 36.6 Å². The highest BCUT2D eigenvalue weighted by Crippen LogP contribution is 2.12. The van der Waals surface area contributed by atoms with Gasteiger partial charge in [-0.2, -0.15) is 0 Å². The molecule has 98 valence electrons. The normalized spacial score (nSPS) is 12.5. The van der Waals surface area contributed by atoms with Crippen molar-refractivity contribution in [1.29, 1.82) is 0 Å². The first-order valence-corrected chi connectivity index (χ1v) is 5.93. The standard InChI is InChI=1S/C15H14FNO2/c1-11(14-3-2-10-19-14)17-15(18)9-6-12-4-7-13(16)8-5-12/h2-11H,1H3,(H,17,18)/b9-6+. The predicted molar refractivity (Wildman–Crippen MR) is 70.7 cm³/mol. The summed E-state index contributed by atoms with van der Waals surface area (Å²) in [5.74, 6) is 0.171. The predicted octanol–water partition coefficient (Wildman–Crippen LogP) is 3.31. The van der Waals surface area contributed by atoms with Crippen LogP contribution in [0.2, 0.25) is 0 Å². The van der Waals surface area contributed by atoms with Gasteiger partial charge in [0.2, 0.25) is 5.91 Å². The van der Waals surface area contributed by atoms with Crippen molar-refractivity contribution in [3.63, 3.8) is 0 Å². The molecule has 1 aromatic heterocycles. The van der Waals surface area contributed by atoms with Gasteiger partial charge in [-0.15, -0.1) is 0 Å². The van der Waals surface area contributed by atoms with E-state index in [9.17, 15) is 9.18 Å². The van der Waals surface area contributed by atoms with Gasteiger partial charge in [0.25, 0.3) is 0 Å². The average Bonchev–Trinajstić information content (AvgIpc) is 2.92. The third kappa shape index (κ3) is 3.81. The van der Waals surface area contributed by atoms with Gasteiger partial charge in [0, 0.05) is 6.08 Å². The molecule has 0 aliphatic heterocycles. The molecular weight excluding hydrogens is 245 g/mol. The van der Waals surface area contributed by atoms with Crippen molar-refractivity contribution >= 4 is 12.0 Å². The number of carbonyl (C=O) groups is 1. The fourth-order valence-corrected chi connectivity index (χ4v) is 1.62. The van der Waals surface area contributed by atoms with E-state index >= 15 is 0 Å². The second-order valence-electron chi connectivity index (χ2n) is 4.13. The Morgan fingerprint density at radius 1 is 1.32 bits per heavy atom. The molecule has 0 radical (unpaired) electrons. The van der Waals surface area contributed by atoms with Gasteiger partial charge in [-0.3, -0.25) is 4.79 Å². The SMILES string of the molecule is CC(NC(=O)/C=C/c1ccc(F)cc1)c1ccco1. The molecule has 0 bridgehead atoms. The third-order valence-corrected chi connectivity index (χ3v) is 2.63. The Morgan fingerprint density at radius 2 is 2.05 bits per heavy atom. The first-order valence-electron chi connectivity index (χ1n) is 5.93. The van der Waals surface area contributed by atoms with Crippen LogP contribution in [0.1, 0.15) is 24.3 Å². The lowest BCUT2D eigenvalue weighted by Crippen LogP contribution is -2.24. The maximum absolute atomic E-state index is 12.7. The Hall–Kier alpha value is -2.36. The highest BCUT2D eigenvalue weighted by atomic mass is 19.1. The molecule has 2 rings (SSSR count). The smallest absolute Gasteiger partial charge is 0.244 e. The number of amides is 1. The van der Waals surface area contributed by atoms with Gasteiger partial charge in [0.1, 0.15) is 11.6 Å². The lowest BCUT2D eigenvalue weighted by molar-refractivity contribution is -0.117. The first-order chi connectivity index (χ1) is 9.15. The molecule has 0 aliphatic carbocycles. The van der Waals surface area contributed by atoms with E-state index in [1.165, 1.54) is 18.2 Å². The summed E-state index contributed by atoms with van der Waals surface area (Å²) in [7, 11) is 0. The molecule has 0 spiro atoms. The van der Waals surface area contributed by atoms with Crippen LogP contribution < -0.4 is 5.32 Å². The largest absolute Gasteiger partial charge is 0.467 e. The van der Waals surface area contributed by atoms with E-state index in [-0.39, 0.29) is 17.8 Å². The van der Waals surface area contributed by atoms with E-state index in [0.717, 1.165) is 5.56 Å². The summed E-state index contributed by atoms with van der Waals surface area (Å²) in [5.41, 5.74) is 0.766. The summed E-state index contributed by atoms with van der Waals surface area (Å²) < 4.78 is 17.9. The number of furan rings is 1. The third-order valence-electron chi connectivity index (χ3n) is 2.63. The molecule has 4 heteroatoms. The van der Waals surface area contributed by atoms with Crippen LogP contribution in [0.3, 0.4) is 0 Å². The van der Waals surface area contributed by atoms with E-state index in [1.807, 2.05) is 6.92 Å². The van der Waals surface area contributed by atoms with E-state index < -0.39 is 0 Å². The number of carbonyl (C=O) groups excluding carboxylic acids is 1. The highest BCUT2D eigenvalue weighted by Gasteiger charge is 2.09. The molecule has 1 heterocycles. The number of halogens is 1. The van der Waals surface area contributed by atoms with Crippen LogP contribution in [0.4, 0.5) is 4.39 Å². The van der Waals surface area contributed by atoms with Gasteiger partial charge in [0.15, 0.2) is 0 Å². The number of nitrogens with one attached hydrogen (secondary N) is 1. The van der Waals surface area contributed by atoms with Gasteiger partial charge in [0.05, 0.1) is 12.3 Å². The lowest BCUT2D eigenvalue weighted by Gasteiger charge is -2.08. The van der Waals surface area contributed by atoms with Crippen molar-refractivity contribution in [3.05, 3.63) is 65.9 Å². The molecule has 19 heavy (non-hydrogen) atoms. The number of rotatable bonds is 4. The topological polar surface area (TPSA) is 42.2 Å². The first kappa shape index (κ1) is 13.1. The molecule has 1 unspecified atom stereocenters. The Morgan fingerprint density at radius 3 is 2.68 bits per heavy atom. The van der Waals surface area contributed by atoms with Gasteiger partial charge >= 0.3 is 0 Å². The minimum Gasteiger partial charge on any atom is -0.467 e. The van der Waals surface area contributed by atoms with Gasteiger partial charge < -0.3 is 9.73 Å². The van der Waals surface area contributed by atoms with Crippen molar-refractivity contribution in [2.75, 3.05) is 0 Å². The molecule has 1 aromatic carbocycles. The molecular formula is C15H14FNO2. The summed E-state index contributed by atoms with van der Waals surface area (Å²) in [6, 6.07) is 9.29. The molecule has 0 saturated carbocycles. The van der Waals surface area contributed by atoms with Crippen LogP contribution in [-0.2, 0) is 4.79 Å². The van der Waals surface area contributed by atoms with Crippen LogP contribution in [0.15, 0.2) is 53.2 Å². The van der Waals surface area contributed by atoms with E-state index in [0.29, 0.717) is 5.76 Å². The quantitative estimate of drug-likeness (QED) is 0.856. The molecule has 1 N–H and O–H groups in total. The van der Waals surface area contributed by atoms with Crippen molar-refractivity contribution in [1.82, 2.24) is 5.32 Å². The molecule has 1 amide bonds. The minimum absolute atomic E-state index is 0.194. The lowest BCUT2D eigenvalue weighted by atomic mass is 10.2. The Kier molecular flexibility index (Phi) is 4.13. The molecule has 0 saturated heterocycles. The second kappa shape index (κ2) is 6.00. The Balaban J connectivity index is 1.92. The molecule has 2 aromatic rings. The second-order valence-corrected chi connectivity index (χ2v) is 4.13. The van der Waals surface area contributed by atoms with Crippen molar-refractivity contribution in [3.8, 4) is 0 Å². The van der Waals surface area contributed by atoms with E-state index in [2.05, 4.69) is 5.32 Å². The van der Waals surface area contributed by atoms with E-state index in [4.69, 9.17) is 4.42 Å². The van der Waals surface area contributed by atoms with Gasteiger partial charge in [-0.05, 0) is 42.8 Å². The Bertz CT molecular complexity index is 558. The summed E-state index contributed by atoms with van der Waals surface area (Å²) in [5, 5.41) is 2.77. The van der Waals surface area contributed by atoms with Crippen LogP contribution in [-0.4, -0.2) is 5.91 Å². The zero-order chi connectivity index (χ0) is 13.7. The van der Waals surface area contributed by atoms with Crippen molar-refractivity contribution in [2.24, 2.45) is 0 Å². The van der Waals surface area contributed by atoms with Crippen LogP contribution in [0.25, 0.3) is 6.08 Å². The maximum Gasteiger partial charge on any atom is 0.244 e. The summed E-state index contributed by atoms with van der Waals surface area (Å²) in [6.45, 7) is 1.84. The summed E-state index contributed by atoms with van der Waals surface area (Å²) >= 11 is 0. The zero-order valence-corrected chi connectivity index (χ0v) is 10.5. The zero-order valence-electron chi connectivity index (χ0n) is 10.5. The van der Waals surface area contributed by atoms with Crippen LogP contribution >= 0.6 is 0 Å². The summed E-state index contributed by atoms with van der Waals surface area (Å²) in [4.78, 5) is 11.7. The summed E-state index contributed by atoms with van der Waals surface area (Å²) in [6.07, 6.45) is 4.60. The number of hydrogen-bond donors (Lipinski definition) is 1. The highest BCUT2D eigenvalue weighted by molar-refractivity contribution is 5.91. The average molecular weight is 259 g/mol. The maximum atomic E-state index is 12.7. The van der Waals surface area contributed by atoms with Crippen molar-refractivity contribution in [2.45, 2.75) is 13.0 Å². The van der Waals surface area contributed by atoms with Crippen molar-refractivity contribution < 1.29 is 13.6 Å². The minimum atomic E-state index is -0.298. The van der Waals surface area contributed by atoms with Crippen LogP contribution in [0.5, 0.6) is 0 Å². The van der Waals surface area contributed by atoms with Crippen LogP contribution in [0, 0.1) is 5.82 Å². The fourth-order valence-electron chi connectivity index (χ4n) is 1.62. The monoisotopic (exact) mass is 259 g/mol. The molecule has 0 aliphatic rings. The fraction of sp³-hybridized carbons (Fsp3) is 0.133. The Labute approximate surface area is 110 Å². The number of hydrogen-bond acceptors (Lipinski definition) is 2. The molecule has 3 nitrogen and oxygen atoms in total. The molecule has 0 fully saturated rings.